The van der Waals surface area contributed by atoms with Gasteiger partial charge < -0.3 is 26.4 Å². The second-order valence-corrected chi connectivity index (χ2v) is 7.13. The molecule has 0 aliphatic carbocycles. The topological polar surface area (TPSA) is 166 Å². The van der Waals surface area contributed by atoms with Crippen molar-refractivity contribution < 1.29 is 24.3 Å². The molecule has 2 aromatic carbocycles. The Kier molecular flexibility index (Phi) is 6.00. The van der Waals surface area contributed by atoms with Gasteiger partial charge in [-0.25, -0.2) is 0 Å². The monoisotopic (exact) mass is 423 g/mol. The van der Waals surface area contributed by atoms with Crippen LogP contribution in [0.1, 0.15) is 39.6 Å². The maximum atomic E-state index is 13.0. The molecule has 0 saturated heterocycles. The molecule has 1 heterocycles. The molecule has 0 fully saturated rings. The predicted molar refractivity (Wildman–Crippen MR) is 113 cm³/mol. The van der Waals surface area contributed by atoms with Gasteiger partial charge in [-0.05, 0) is 37.3 Å². The highest BCUT2D eigenvalue weighted by Crippen LogP contribution is 2.26. The van der Waals surface area contributed by atoms with Crippen LogP contribution in [0.2, 0.25) is 0 Å². The zero-order valence-electron chi connectivity index (χ0n) is 16.6. The molecule has 0 aromatic heterocycles. The largest absolute Gasteiger partial charge is 0.481 e. The number of carbonyl (C=O) groups is 4. The summed E-state index contributed by atoms with van der Waals surface area (Å²) in [6, 6.07) is 9.94. The summed E-state index contributed by atoms with van der Waals surface area (Å²) in [5.74, 6) is -2.58. The number of fused-ring (bicyclic) bond motifs is 1. The third kappa shape index (κ3) is 4.86. The van der Waals surface area contributed by atoms with E-state index >= 15 is 0 Å². The van der Waals surface area contributed by atoms with Gasteiger partial charge in [0.25, 0.3) is 11.8 Å². The summed E-state index contributed by atoms with van der Waals surface area (Å²) < 4.78 is 0. The van der Waals surface area contributed by atoms with E-state index in [2.05, 4.69) is 10.6 Å². The molecule has 0 bridgehead atoms. The molecule has 0 spiro atoms. The van der Waals surface area contributed by atoms with E-state index in [4.69, 9.17) is 16.2 Å². The smallest absolute Gasteiger partial charge is 0.305 e. The van der Waals surface area contributed by atoms with Crippen molar-refractivity contribution in [2.75, 3.05) is 17.2 Å². The van der Waals surface area contributed by atoms with Gasteiger partial charge in [0.1, 0.15) is 12.4 Å². The minimum atomic E-state index is -1.08. The number of aliphatic carboxylic acids is 1. The Morgan fingerprint density at radius 2 is 1.84 bits per heavy atom. The van der Waals surface area contributed by atoms with Gasteiger partial charge >= 0.3 is 5.97 Å². The van der Waals surface area contributed by atoms with E-state index < -0.39 is 29.7 Å². The Labute approximate surface area is 177 Å². The van der Waals surface area contributed by atoms with Crippen LogP contribution in [0.25, 0.3) is 0 Å². The Morgan fingerprint density at radius 1 is 1.19 bits per heavy atom. The average molecular weight is 423 g/mol. The molecule has 1 unspecified atom stereocenters. The van der Waals surface area contributed by atoms with Crippen LogP contribution in [0, 0.1) is 5.41 Å². The zero-order valence-corrected chi connectivity index (χ0v) is 16.6. The number of amidine groups is 1. The van der Waals surface area contributed by atoms with Crippen LogP contribution in [0.4, 0.5) is 11.4 Å². The van der Waals surface area contributed by atoms with E-state index in [1.54, 1.807) is 25.1 Å². The molecule has 0 radical (unpaired) electrons. The van der Waals surface area contributed by atoms with Gasteiger partial charge in [-0.1, -0.05) is 12.1 Å². The van der Waals surface area contributed by atoms with E-state index in [1.807, 2.05) is 0 Å². The van der Waals surface area contributed by atoms with Crippen molar-refractivity contribution in [3.63, 3.8) is 0 Å². The Bertz CT molecular complexity index is 1080. The molecule has 10 nitrogen and oxygen atoms in total. The number of nitrogens with zero attached hydrogens (tertiary/aromatic N) is 1. The second kappa shape index (κ2) is 8.66. The first-order valence-electron chi connectivity index (χ1n) is 9.38. The third-order valence-corrected chi connectivity index (χ3v) is 4.82. The Morgan fingerprint density at radius 3 is 2.45 bits per heavy atom. The van der Waals surface area contributed by atoms with Crippen LogP contribution in [-0.2, 0) is 9.59 Å². The van der Waals surface area contributed by atoms with Crippen molar-refractivity contribution in [2.45, 2.75) is 19.4 Å². The SMILES string of the molecule is CC(CC(=O)O)N1CC(=O)Nc2ccc(NC(=O)c3ccc(C(=N)N)cc3)cc2C1=O. The van der Waals surface area contributed by atoms with Crippen LogP contribution < -0.4 is 16.4 Å². The highest BCUT2D eigenvalue weighted by atomic mass is 16.4. The molecule has 160 valence electrons. The van der Waals surface area contributed by atoms with E-state index in [0.717, 1.165) is 0 Å². The first-order valence-corrected chi connectivity index (χ1v) is 9.38. The fourth-order valence-corrected chi connectivity index (χ4v) is 3.20. The first-order chi connectivity index (χ1) is 14.7. The van der Waals surface area contributed by atoms with Crippen LogP contribution >= 0.6 is 0 Å². The Hall–Kier alpha value is -4.21. The van der Waals surface area contributed by atoms with E-state index in [0.29, 0.717) is 16.8 Å². The molecule has 1 aliphatic rings. The number of hydrogen-bond acceptors (Lipinski definition) is 5. The van der Waals surface area contributed by atoms with E-state index in [1.165, 1.54) is 29.2 Å². The van der Waals surface area contributed by atoms with Gasteiger partial charge in [-0.3, -0.25) is 24.6 Å². The normalized spacial score (nSPS) is 14.2. The highest BCUT2D eigenvalue weighted by Gasteiger charge is 2.30. The number of hydrogen-bond donors (Lipinski definition) is 5. The van der Waals surface area contributed by atoms with Crippen molar-refractivity contribution in [3.8, 4) is 0 Å². The van der Waals surface area contributed by atoms with Gasteiger partial charge in [0.15, 0.2) is 0 Å². The molecule has 0 saturated carbocycles. The lowest BCUT2D eigenvalue weighted by Crippen LogP contribution is -2.42. The summed E-state index contributed by atoms with van der Waals surface area (Å²) in [5, 5.41) is 21.7. The number of nitrogen functional groups attached to an aromatic ring is 1. The molecular formula is C21H21N5O5. The van der Waals surface area contributed by atoms with Gasteiger partial charge in [0.2, 0.25) is 5.91 Å². The van der Waals surface area contributed by atoms with Crippen LogP contribution in [0.15, 0.2) is 42.5 Å². The van der Waals surface area contributed by atoms with Gasteiger partial charge in [0, 0.05) is 22.9 Å². The molecule has 2 aromatic rings. The number of nitrogens with two attached hydrogens (primary N) is 1. The lowest BCUT2D eigenvalue weighted by Gasteiger charge is -2.26. The van der Waals surface area contributed by atoms with Crippen LogP contribution in [0.5, 0.6) is 0 Å². The maximum Gasteiger partial charge on any atom is 0.305 e. The number of benzene rings is 2. The summed E-state index contributed by atoms with van der Waals surface area (Å²) in [5.41, 5.74) is 6.98. The van der Waals surface area contributed by atoms with Crippen molar-refractivity contribution in [1.82, 2.24) is 4.90 Å². The molecule has 6 N–H and O–H groups in total. The number of anilines is 2. The maximum absolute atomic E-state index is 13.0. The molecule has 1 atom stereocenters. The van der Waals surface area contributed by atoms with E-state index in [-0.39, 0.29) is 30.1 Å². The van der Waals surface area contributed by atoms with Crippen LogP contribution in [0.3, 0.4) is 0 Å². The summed E-state index contributed by atoms with van der Waals surface area (Å²) in [6.07, 6.45) is -0.305. The number of nitrogens with one attached hydrogen (secondary N) is 3. The minimum absolute atomic E-state index is 0.111. The summed E-state index contributed by atoms with van der Waals surface area (Å²) in [4.78, 5) is 49.9. The van der Waals surface area contributed by atoms with Crippen LogP contribution in [-0.4, -0.2) is 52.1 Å². The van der Waals surface area contributed by atoms with Gasteiger partial charge in [0.05, 0.1) is 17.7 Å². The summed E-state index contributed by atoms with van der Waals surface area (Å²) >= 11 is 0. The minimum Gasteiger partial charge on any atom is -0.481 e. The van der Waals surface area contributed by atoms with Crippen molar-refractivity contribution in [1.29, 1.82) is 5.41 Å². The molecule has 1 aliphatic heterocycles. The summed E-state index contributed by atoms with van der Waals surface area (Å²) in [7, 11) is 0. The lowest BCUT2D eigenvalue weighted by molar-refractivity contribution is -0.138. The molecular weight excluding hydrogens is 402 g/mol. The Balaban J connectivity index is 1.85. The second-order valence-electron chi connectivity index (χ2n) is 7.13. The first kappa shape index (κ1) is 21.5. The fourth-order valence-electron chi connectivity index (χ4n) is 3.20. The number of amides is 3. The predicted octanol–water partition coefficient (Wildman–Crippen LogP) is 1.48. The standard InChI is InChI=1S/C21H21N5O5/c1-11(8-18(28)29)26-10-17(27)25-16-7-6-14(9-15(16)21(26)31)24-20(30)13-4-2-12(3-5-13)19(22)23/h2-7,9,11H,8,10H2,1H3,(H3,22,23)(H,24,30)(H,25,27)(H,28,29). The quantitative estimate of drug-likeness (QED) is 0.349. The number of carboxylic acids is 1. The number of carboxylic acid groups (broad SMARTS) is 1. The third-order valence-electron chi connectivity index (χ3n) is 4.82. The van der Waals surface area contributed by atoms with Crippen molar-refractivity contribution >= 4 is 40.9 Å². The molecule has 3 rings (SSSR count). The summed E-state index contributed by atoms with van der Waals surface area (Å²) in [6.45, 7) is 1.28. The fraction of sp³-hybridized carbons (Fsp3) is 0.190. The highest BCUT2D eigenvalue weighted by molar-refractivity contribution is 6.10. The molecule has 3 amide bonds. The number of carbonyl (C=O) groups excluding carboxylic acids is 3. The number of rotatable bonds is 6. The van der Waals surface area contributed by atoms with Gasteiger partial charge in [-0.15, -0.1) is 0 Å². The zero-order chi connectivity index (χ0) is 22.7. The lowest BCUT2D eigenvalue weighted by atomic mass is 10.1. The van der Waals surface area contributed by atoms with Crippen molar-refractivity contribution in [3.05, 3.63) is 59.2 Å². The average Bonchev–Trinajstić information content (AvgIpc) is 2.83. The van der Waals surface area contributed by atoms with E-state index in [9.17, 15) is 19.2 Å². The van der Waals surface area contributed by atoms with Gasteiger partial charge in [-0.2, -0.15) is 0 Å². The molecule has 10 heteroatoms. The molecule has 31 heavy (non-hydrogen) atoms. The van der Waals surface area contributed by atoms with Crippen molar-refractivity contribution in [2.24, 2.45) is 5.73 Å².